The van der Waals surface area contributed by atoms with Crippen molar-refractivity contribution in [3.8, 4) is 0 Å². The Morgan fingerprint density at radius 3 is 2.00 bits per heavy atom. The number of nitrogens with one attached hydrogen (secondary N) is 2. The summed E-state index contributed by atoms with van der Waals surface area (Å²) in [5.74, 6) is 0.183. The van der Waals surface area contributed by atoms with Gasteiger partial charge in [0.25, 0.3) is 0 Å². The van der Waals surface area contributed by atoms with Gasteiger partial charge in [-0.1, -0.05) is 42.5 Å². The predicted molar refractivity (Wildman–Crippen MR) is 129 cm³/mol. The van der Waals surface area contributed by atoms with Crippen LogP contribution in [0.3, 0.4) is 0 Å². The summed E-state index contributed by atoms with van der Waals surface area (Å²) in [5, 5.41) is 5.66. The zero-order valence-electron chi connectivity index (χ0n) is 18.3. The Hall–Kier alpha value is -3.80. The maximum Gasteiger partial charge on any atom is 0.323 e. The minimum Gasteiger partial charge on any atom is -0.368 e. The molecule has 1 fully saturated rings. The second-order valence-corrected chi connectivity index (χ2v) is 7.96. The number of hydrogen-bond acceptors (Lipinski definition) is 3. The third-order valence-electron chi connectivity index (χ3n) is 5.76. The van der Waals surface area contributed by atoms with Crippen molar-refractivity contribution in [3.63, 3.8) is 0 Å². The van der Waals surface area contributed by atoms with E-state index in [4.69, 9.17) is 0 Å². The molecule has 3 amide bonds. The molecule has 2 N–H and O–H groups in total. The number of para-hydroxylation sites is 1. The summed E-state index contributed by atoms with van der Waals surface area (Å²) in [6.45, 7) is 5.06. The number of hydrogen-bond donors (Lipinski definition) is 2. The van der Waals surface area contributed by atoms with Gasteiger partial charge in [0, 0.05) is 43.2 Å². The molecule has 0 aliphatic carbocycles. The number of amides is 3. The van der Waals surface area contributed by atoms with E-state index in [1.807, 2.05) is 90.7 Å². The topological polar surface area (TPSA) is 64.7 Å². The molecule has 3 aromatic carbocycles. The van der Waals surface area contributed by atoms with Crippen LogP contribution in [-0.4, -0.2) is 43.0 Å². The van der Waals surface area contributed by atoms with Crippen molar-refractivity contribution in [2.24, 2.45) is 0 Å². The van der Waals surface area contributed by atoms with Crippen LogP contribution in [0.15, 0.2) is 78.9 Å². The normalized spacial score (nSPS) is 13.5. The Morgan fingerprint density at radius 2 is 1.34 bits per heavy atom. The Bertz CT molecular complexity index is 1060. The lowest BCUT2D eigenvalue weighted by Crippen LogP contribution is -2.49. The van der Waals surface area contributed by atoms with Crippen LogP contribution in [0.1, 0.15) is 11.1 Å². The lowest BCUT2D eigenvalue weighted by molar-refractivity contribution is -0.130. The second-order valence-electron chi connectivity index (χ2n) is 7.96. The highest BCUT2D eigenvalue weighted by Gasteiger charge is 2.21. The van der Waals surface area contributed by atoms with E-state index in [1.165, 1.54) is 0 Å². The first-order valence-electron chi connectivity index (χ1n) is 10.9. The average molecular weight is 429 g/mol. The molecule has 0 spiro atoms. The van der Waals surface area contributed by atoms with Gasteiger partial charge in [-0.25, -0.2) is 4.79 Å². The fourth-order valence-corrected chi connectivity index (χ4v) is 3.87. The predicted octanol–water partition coefficient (Wildman–Crippen LogP) is 4.53. The monoisotopic (exact) mass is 428 g/mol. The number of urea groups is 1. The Morgan fingerprint density at radius 1 is 0.750 bits per heavy atom. The number of benzene rings is 3. The van der Waals surface area contributed by atoms with Crippen molar-refractivity contribution in [1.82, 2.24) is 4.90 Å². The molecule has 0 atom stereocenters. The van der Waals surface area contributed by atoms with Gasteiger partial charge in [0.05, 0.1) is 6.42 Å². The SMILES string of the molecule is Cc1ccccc1CC(=O)N1CCN(c2ccc(NC(=O)Nc3ccccc3)cc2)CC1. The number of carbonyl (C=O) groups is 2. The van der Waals surface area contributed by atoms with E-state index < -0.39 is 0 Å². The first kappa shape index (κ1) is 21.4. The van der Waals surface area contributed by atoms with Crippen LogP contribution >= 0.6 is 0 Å². The van der Waals surface area contributed by atoms with Crippen molar-refractivity contribution in [1.29, 1.82) is 0 Å². The molecule has 164 valence electrons. The van der Waals surface area contributed by atoms with E-state index in [0.29, 0.717) is 19.5 Å². The fraction of sp³-hybridized carbons (Fsp3) is 0.231. The summed E-state index contributed by atoms with van der Waals surface area (Å²) in [5.41, 5.74) is 4.82. The van der Waals surface area contributed by atoms with E-state index >= 15 is 0 Å². The van der Waals surface area contributed by atoms with Crippen molar-refractivity contribution in [2.75, 3.05) is 41.7 Å². The molecular formula is C26H28N4O2. The second kappa shape index (κ2) is 10.0. The van der Waals surface area contributed by atoms with Crippen LogP contribution in [0.25, 0.3) is 0 Å². The van der Waals surface area contributed by atoms with Gasteiger partial charge in [0.1, 0.15) is 0 Å². The van der Waals surface area contributed by atoms with E-state index in [9.17, 15) is 9.59 Å². The molecule has 0 radical (unpaired) electrons. The van der Waals surface area contributed by atoms with Crippen molar-refractivity contribution in [3.05, 3.63) is 90.0 Å². The Labute approximate surface area is 188 Å². The summed E-state index contributed by atoms with van der Waals surface area (Å²) in [6.07, 6.45) is 0.456. The molecule has 1 heterocycles. The number of carbonyl (C=O) groups excluding carboxylic acids is 2. The Balaban J connectivity index is 1.27. The maximum absolute atomic E-state index is 12.7. The first-order chi connectivity index (χ1) is 15.6. The highest BCUT2D eigenvalue weighted by Crippen LogP contribution is 2.20. The third kappa shape index (κ3) is 5.46. The van der Waals surface area contributed by atoms with Gasteiger partial charge < -0.3 is 20.4 Å². The molecule has 1 aliphatic rings. The Kier molecular flexibility index (Phi) is 6.70. The number of piperazine rings is 1. The number of anilines is 3. The van der Waals surface area contributed by atoms with Crippen LogP contribution < -0.4 is 15.5 Å². The van der Waals surface area contributed by atoms with E-state index in [1.54, 1.807) is 0 Å². The molecule has 3 aromatic rings. The van der Waals surface area contributed by atoms with Crippen LogP contribution in [0.2, 0.25) is 0 Å². The standard InChI is InChI=1S/C26H28N4O2/c1-20-7-5-6-8-21(20)19-25(31)30-17-15-29(16-18-30)24-13-11-23(12-14-24)28-26(32)27-22-9-3-2-4-10-22/h2-14H,15-19H2,1H3,(H2,27,28,32). The summed E-state index contributed by atoms with van der Waals surface area (Å²) in [4.78, 5) is 29.1. The number of aryl methyl sites for hydroxylation is 1. The molecule has 0 saturated carbocycles. The molecule has 4 rings (SSSR count). The smallest absolute Gasteiger partial charge is 0.323 e. The maximum atomic E-state index is 12.7. The molecular weight excluding hydrogens is 400 g/mol. The van der Waals surface area contributed by atoms with Crippen molar-refractivity contribution in [2.45, 2.75) is 13.3 Å². The van der Waals surface area contributed by atoms with Gasteiger partial charge in [0.15, 0.2) is 0 Å². The van der Waals surface area contributed by atoms with Crippen LogP contribution in [-0.2, 0) is 11.2 Å². The van der Waals surface area contributed by atoms with Crippen LogP contribution in [0, 0.1) is 6.92 Å². The van der Waals surface area contributed by atoms with Gasteiger partial charge in [-0.15, -0.1) is 0 Å². The van der Waals surface area contributed by atoms with Crippen LogP contribution in [0.5, 0.6) is 0 Å². The van der Waals surface area contributed by atoms with Gasteiger partial charge >= 0.3 is 6.03 Å². The number of rotatable bonds is 5. The molecule has 32 heavy (non-hydrogen) atoms. The van der Waals surface area contributed by atoms with E-state index in [-0.39, 0.29) is 11.9 Å². The highest BCUT2D eigenvalue weighted by molar-refractivity contribution is 5.99. The summed E-state index contributed by atoms with van der Waals surface area (Å²) in [7, 11) is 0. The highest BCUT2D eigenvalue weighted by atomic mass is 16.2. The minimum absolute atomic E-state index is 0.183. The zero-order chi connectivity index (χ0) is 22.3. The lowest BCUT2D eigenvalue weighted by atomic mass is 10.1. The zero-order valence-corrected chi connectivity index (χ0v) is 18.3. The fourth-order valence-electron chi connectivity index (χ4n) is 3.87. The quantitative estimate of drug-likeness (QED) is 0.628. The van der Waals surface area contributed by atoms with Crippen molar-refractivity contribution >= 4 is 29.0 Å². The lowest BCUT2D eigenvalue weighted by Gasteiger charge is -2.36. The molecule has 1 saturated heterocycles. The average Bonchev–Trinajstić information content (AvgIpc) is 2.82. The number of nitrogens with zero attached hydrogens (tertiary/aromatic N) is 2. The molecule has 0 unspecified atom stereocenters. The third-order valence-corrected chi connectivity index (χ3v) is 5.76. The van der Waals surface area contributed by atoms with E-state index in [0.717, 1.165) is 41.3 Å². The largest absolute Gasteiger partial charge is 0.368 e. The van der Waals surface area contributed by atoms with Crippen LogP contribution in [0.4, 0.5) is 21.9 Å². The van der Waals surface area contributed by atoms with Gasteiger partial charge in [-0.3, -0.25) is 4.79 Å². The molecule has 0 aromatic heterocycles. The molecule has 0 bridgehead atoms. The minimum atomic E-state index is -0.273. The molecule has 6 heteroatoms. The summed E-state index contributed by atoms with van der Waals surface area (Å²) in [6, 6.07) is 24.9. The first-order valence-corrected chi connectivity index (χ1v) is 10.9. The summed E-state index contributed by atoms with van der Waals surface area (Å²) < 4.78 is 0. The van der Waals surface area contributed by atoms with E-state index in [2.05, 4.69) is 15.5 Å². The molecule has 1 aliphatic heterocycles. The molecule has 6 nitrogen and oxygen atoms in total. The van der Waals surface area contributed by atoms with Gasteiger partial charge in [-0.2, -0.15) is 0 Å². The summed E-state index contributed by atoms with van der Waals surface area (Å²) >= 11 is 0. The van der Waals surface area contributed by atoms with Crippen molar-refractivity contribution < 1.29 is 9.59 Å². The van der Waals surface area contributed by atoms with Gasteiger partial charge in [0.2, 0.25) is 5.91 Å². The van der Waals surface area contributed by atoms with Gasteiger partial charge in [-0.05, 0) is 54.4 Å².